The molecule has 2 rings (SSSR count). The Morgan fingerprint density at radius 1 is 1.36 bits per heavy atom. The molecule has 76 valence electrons. The summed E-state index contributed by atoms with van der Waals surface area (Å²) in [5.74, 6) is -1.68. The minimum Gasteiger partial charge on any atom is -0.394 e. The zero-order valence-corrected chi connectivity index (χ0v) is 7.43. The smallest absolute Gasteiger partial charge is 0.172 e. The monoisotopic (exact) mass is 200 g/mol. The normalized spacial score (nSPS) is 15.9. The molecular weight excluding hydrogens is 190 g/mol. The van der Waals surface area contributed by atoms with Gasteiger partial charge < -0.3 is 10.8 Å². The summed E-state index contributed by atoms with van der Waals surface area (Å²) in [6.07, 6.45) is 1.69. The lowest BCUT2D eigenvalue weighted by molar-refractivity contribution is 0.269. The molecule has 0 unspecified atom stereocenters. The number of pyridine rings is 1. The third-order valence-electron chi connectivity index (χ3n) is 2.32. The van der Waals surface area contributed by atoms with Crippen molar-refractivity contribution in [2.45, 2.75) is 25.4 Å². The number of hydrogen-bond donors (Lipinski definition) is 2. The molecule has 0 aliphatic heterocycles. The number of rotatable bonds is 2. The van der Waals surface area contributed by atoms with Gasteiger partial charge in [0.25, 0.3) is 0 Å². The van der Waals surface area contributed by atoms with Crippen molar-refractivity contribution in [3.63, 3.8) is 0 Å². The van der Waals surface area contributed by atoms with Gasteiger partial charge in [0.1, 0.15) is 11.4 Å². The molecule has 1 aliphatic carbocycles. The summed E-state index contributed by atoms with van der Waals surface area (Å²) in [7, 11) is 0. The van der Waals surface area contributed by atoms with Crippen molar-refractivity contribution in [3.05, 3.63) is 23.0 Å². The number of aromatic nitrogens is 1. The Kier molecular flexibility index (Phi) is 2.11. The highest BCUT2D eigenvalue weighted by Crippen LogP contribution is 2.41. The third-order valence-corrected chi connectivity index (χ3v) is 2.32. The Bertz CT molecular complexity index is 378. The fourth-order valence-corrected chi connectivity index (χ4v) is 1.37. The van der Waals surface area contributed by atoms with Gasteiger partial charge in [0.2, 0.25) is 0 Å². The molecule has 1 aliphatic rings. The molecule has 0 radical (unpaired) electrons. The second-order valence-electron chi connectivity index (χ2n) is 3.42. The number of hydrogen-bond acceptors (Lipinski definition) is 3. The summed E-state index contributed by atoms with van der Waals surface area (Å²) >= 11 is 0. The van der Waals surface area contributed by atoms with Gasteiger partial charge in [0.15, 0.2) is 11.6 Å². The molecule has 1 aromatic rings. The fraction of sp³-hybridized carbons (Fsp3) is 0.444. The van der Waals surface area contributed by atoms with Crippen LogP contribution >= 0.6 is 0 Å². The number of aliphatic hydroxyl groups excluding tert-OH is 1. The van der Waals surface area contributed by atoms with Crippen LogP contribution in [0.1, 0.15) is 30.1 Å². The van der Waals surface area contributed by atoms with Gasteiger partial charge in [-0.3, -0.25) is 0 Å². The van der Waals surface area contributed by atoms with E-state index >= 15 is 0 Å². The van der Waals surface area contributed by atoms with Crippen LogP contribution in [0.5, 0.6) is 0 Å². The summed E-state index contributed by atoms with van der Waals surface area (Å²) in [6.45, 7) is -0.559. The molecule has 1 saturated carbocycles. The fourth-order valence-electron chi connectivity index (χ4n) is 1.37. The highest BCUT2D eigenvalue weighted by Gasteiger charge is 2.31. The second-order valence-corrected chi connectivity index (χ2v) is 3.42. The quantitative estimate of drug-likeness (QED) is 0.756. The summed E-state index contributed by atoms with van der Waals surface area (Å²) in [5.41, 5.74) is 4.70. The van der Waals surface area contributed by atoms with E-state index in [2.05, 4.69) is 4.98 Å². The lowest BCUT2D eigenvalue weighted by atomic mass is 10.2. The lowest BCUT2D eigenvalue weighted by Crippen LogP contribution is -2.08. The minimum atomic E-state index is -0.950. The first-order valence-electron chi connectivity index (χ1n) is 4.39. The topological polar surface area (TPSA) is 59.1 Å². The summed E-state index contributed by atoms with van der Waals surface area (Å²) < 4.78 is 26.5. The van der Waals surface area contributed by atoms with Crippen LogP contribution in [0.15, 0.2) is 0 Å². The van der Waals surface area contributed by atoms with Crippen molar-refractivity contribution in [1.82, 2.24) is 4.98 Å². The maximum absolute atomic E-state index is 13.4. The number of nitrogens with zero attached hydrogens (tertiary/aromatic N) is 1. The molecule has 5 heteroatoms. The van der Waals surface area contributed by atoms with Gasteiger partial charge in [0, 0.05) is 5.92 Å². The molecule has 3 nitrogen and oxygen atoms in total. The van der Waals surface area contributed by atoms with Crippen LogP contribution in [0.2, 0.25) is 0 Å². The first-order chi connectivity index (χ1) is 6.65. The molecule has 0 bridgehead atoms. The van der Waals surface area contributed by atoms with Crippen LogP contribution in [0.4, 0.5) is 14.5 Å². The Labute approximate surface area is 79.6 Å². The van der Waals surface area contributed by atoms with E-state index in [0.29, 0.717) is 0 Å². The van der Waals surface area contributed by atoms with Crippen molar-refractivity contribution in [2.75, 3.05) is 5.73 Å². The Hall–Kier alpha value is -1.23. The van der Waals surface area contributed by atoms with E-state index in [0.717, 1.165) is 12.8 Å². The molecule has 1 aromatic heterocycles. The maximum Gasteiger partial charge on any atom is 0.172 e. The number of aliphatic hydroxyl groups is 1. The van der Waals surface area contributed by atoms with Crippen molar-refractivity contribution < 1.29 is 13.9 Å². The van der Waals surface area contributed by atoms with Gasteiger partial charge in [0.05, 0.1) is 12.3 Å². The van der Waals surface area contributed by atoms with E-state index in [9.17, 15) is 8.78 Å². The Morgan fingerprint density at radius 2 is 2.00 bits per heavy atom. The molecular formula is C9H10F2N2O. The molecule has 14 heavy (non-hydrogen) atoms. The maximum atomic E-state index is 13.4. The zero-order chi connectivity index (χ0) is 10.3. The molecule has 0 saturated heterocycles. The third kappa shape index (κ3) is 1.33. The summed E-state index contributed by atoms with van der Waals surface area (Å²) in [4.78, 5) is 3.73. The van der Waals surface area contributed by atoms with E-state index in [1.54, 1.807) is 0 Å². The van der Waals surface area contributed by atoms with Crippen LogP contribution in [-0.4, -0.2) is 10.1 Å². The molecule has 0 spiro atoms. The first kappa shape index (κ1) is 9.33. The van der Waals surface area contributed by atoms with E-state index in [-0.39, 0.29) is 17.3 Å². The van der Waals surface area contributed by atoms with E-state index in [4.69, 9.17) is 10.8 Å². The average Bonchev–Trinajstić information content (AvgIpc) is 2.98. The minimum absolute atomic E-state index is 0.0446. The Balaban J connectivity index is 2.55. The predicted octanol–water partition coefficient (Wildman–Crippen LogP) is 1.31. The van der Waals surface area contributed by atoms with E-state index < -0.39 is 23.9 Å². The van der Waals surface area contributed by atoms with Crippen molar-refractivity contribution in [1.29, 1.82) is 0 Å². The molecule has 1 fully saturated rings. The van der Waals surface area contributed by atoms with Crippen molar-refractivity contribution in [3.8, 4) is 0 Å². The number of nitrogens with two attached hydrogens (primary N) is 1. The molecule has 0 atom stereocenters. The largest absolute Gasteiger partial charge is 0.394 e. The number of anilines is 1. The number of halogens is 2. The molecule has 3 N–H and O–H groups in total. The van der Waals surface area contributed by atoms with Crippen molar-refractivity contribution >= 4 is 5.69 Å². The molecule has 0 amide bonds. The van der Waals surface area contributed by atoms with Crippen molar-refractivity contribution in [2.24, 2.45) is 0 Å². The zero-order valence-electron chi connectivity index (χ0n) is 7.43. The highest BCUT2D eigenvalue weighted by molar-refractivity contribution is 5.45. The van der Waals surface area contributed by atoms with Gasteiger partial charge in [-0.2, -0.15) is 0 Å². The van der Waals surface area contributed by atoms with Gasteiger partial charge in [-0.15, -0.1) is 0 Å². The van der Waals surface area contributed by atoms with Crippen LogP contribution in [0, 0.1) is 11.6 Å². The number of nitrogen functional groups attached to an aromatic ring is 1. The van der Waals surface area contributed by atoms with E-state index in [1.807, 2.05) is 0 Å². The van der Waals surface area contributed by atoms with E-state index in [1.165, 1.54) is 0 Å². The van der Waals surface area contributed by atoms with Gasteiger partial charge in [-0.25, -0.2) is 13.8 Å². The van der Waals surface area contributed by atoms with Gasteiger partial charge in [-0.05, 0) is 12.8 Å². The standard InChI is InChI=1S/C9H10F2N2O/c10-6-5(3-14)13-9(4-1-2-4)7(11)8(6)12/h4,14H,1-3H2,(H2,12,13). The SMILES string of the molecule is Nc1c(F)c(CO)nc(C2CC2)c1F. The summed E-state index contributed by atoms with van der Waals surface area (Å²) in [6, 6.07) is 0. The van der Waals surface area contributed by atoms with Crippen LogP contribution in [-0.2, 0) is 6.61 Å². The lowest BCUT2D eigenvalue weighted by Gasteiger charge is -2.07. The van der Waals surface area contributed by atoms with Crippen LogP contribution < -0.4 is 5.73 Å². The molecule has 1 heterocycles. The van der Waals surface area contributed by atoms with Crippen LogP contribution in [0.3, 0.4) is 0 Å². The second kappa shape index (κ2) is 3.16. The predicted molar refractivity (Wildman–Crippen MR) is 46.5 cm³/mol. The molecule has 0 aromatic carbocycles. The van der Waals surface area contributed by atoms with Crippen LogP contribution in [0.25, 0.3) is 0 Å². The average molecular weight is 200 g/mol. The van der Waals surface area contributed by atoms with Gasteiger partial charge in [-0.1, -0.05) is 0 Å². The summed E-state index contributed by atoms with van der Waals surface area (Å²) in [5, 5.41) is 8.78. The van der Waals surface area contributed by atoms with Gasteiger partial charge >= 0.3 is 0 Å². The highest BCUT2D eigenvalue weighted by atomic mass is 19.1. The first-order valence-corrected chi connectivity index (χ1v) is 4.39. The Morgan fingerprint density at radius 3 is 2.50 bits per heavy atom.